The minimum atomic E-state index is -4.59. The van der Waals surface area contributed by atoms with Gasteiger partial charge in [-0.1, -0.05) is 0 Å². The Kier molecular flexibility index (Phi) is 26.3. The van der Waals surface area contributed by atoms with E-state index in [4.69, 9.17) is 4.98 Å². The minimum absolute atomic E-state index is 0.00861. The fourth-order valence-electron chi connectivity index (χ4n) is 18.1. The summed E-state index contributed by atoms with van der Waals surface area (Å²) in [6.07, 6.45) is -7.95. The lowest BCUT2D eigenvalue weighted by atomic mass is 9.94. The first kappa shape index (κ1) is 95.7. The summed E-state index contributed by atoms with van der Waals surface area (Å²) < 4.78 is 188. The van der Waals surface area contributed by atoms with Gasteiger partial charge in [0.1, 0.15) is 0 Å². The molecule has 131 heavy (non-hydrogen) atoms. The highest BCUT2D eigenvalue weighted by molar-refractivity contribution is 6.04. The van der Waals surface area contributed by atoms with Gasteiger partial charge in [0.25, 0.3) is 41.4 Å². The Morgan fingerprint density at radius 3 is 1.11 bits per heavy atom. The molecule has 19 rings (SSSR count). The largest absolute Gasteiger partial charge is 0.416 e. The molecule has 0 radical (unpaired) electrons. The van der Waals surface area contributed by atoms with Crippen LogP contribution >= 0.6 is 0 Å². The first-order chi connectivity index (χ1) is 61.2. The number of aryl methyl sites for hydroxylation is 5. The predicted molar refractivity (Wildman–Crippen MR) is 462 cm³/mol. The van der Waals surface area contributed by atoms with Crippen LogP contribution in [0.25, 0.3) is 33.5 Å². The third kappa shape index (κ3) is 19.8. The van der Waals surface area contributed by atoms with E-state index in [0.29, 0.717) is 68.3 Å². The number of nitrogens with zero attached hydrogens (tertiary/aromatic N) is 12. The molecule has 0 bridgehead atoms. The van der Waals surface area contributed by atoms with E-state index in [1.807, 2.05) is 22.8 Å². The molecule has 5 aromatic heterocycles. The SMILES string of the molecule is CC(C)N1Cc2c(cc(C3CC3)nc2C2CC2)C1=O.CC(C)N1Cc2c(cc(CN3CCC(F)(F)C3)cc2C(F)(F)F)C1=O.Cc1[nH]ncc1-c1cc2c(c(C(F)(F)F)c1)CN(C(C)C)C2=O.Cc1cc2c(c(C3CC3)n1)CN(C(C)C)C2=O.Cc1cn[nH]c1-c1cc2c(c(C(F)(F)F)c1)CN(C(C)C)C2=O.Cc1n[nH]c(C)c1-c1cc2c(c(C(F)(F)F)c1)CN(C(C)C)C2=O. The molecule has 4 aromatic carbocycles. The molecule has 12 heterocycles. The van der Waals surface area contributed by atoms with Crippen LogP contribution in [-0.2, 0) is 70.5 Å². The maximum absolute atomic E-state index is 13.6. The molecule has 3 N–H and O–H groups in total. The number of H-pyrrole nitrogens is 3. The van der Waals surface area contributed by atoms with Gasteiger partial charge in [-0.3, -0.25) is 58.9 Å². The lowest BCUT2D eigenvalue weighted by Crippen LogP contribution is -2.30. The van der Waals surface area contributed by atoms with Crippen molar-refractivity contribution in [1.82, 2.24) is 74.9 Å². The number of aromatic nitrogens is 8. The summed E-state index contributed by atoms with van der Waals surface area (Å²) >= 11 is 0. The van der Waals surface area contributed by atoms with Crippen molar-refractivity contribution < 1.29 is 90.2 Å². The molecule has 6 amide bonds. The summed E-state index contributed by atoms with van der Waals surface area (Å²) in [4.78, 5) is 95.4. The van der Waals surface area contributed by atoms with Crippen LogP contribution in [0.5, 0.6) is 0 Å². The molecule has 35 heteroatoms. The number of fused-ring (bicyclic) bond motifs is 6. The van der Waals surface area contributed by atoms with E-state index in [2.05, 4.69) is 69.3 Å². The maximum Gasteiger partial charge on any atom is 0.416 e. The number of halogens is 14. The van der Waals surface area contributed by atoms with Crippen LogP contribution in [0.4, 0.5) is 61.5 Å². The van der Waals surface area contributed by atoms with Gasteiger partial charge in [-0.2, -0.15) is 68.0 Å². The van der Waals surface area contributed by atoms with Crippen LogP contribution in [0.1, 0.15) is 315 Å². The van der Waals surface area contributed by atoms with Gasteiger partial charge in [0.15, 0.2) is 0 Å². The Hall–Kier alpha value is -11.4. The van der Waals surface area contributed by atoms with E-state index >= 15 is 0 Å². The zero-order valence-corrected chi connectivity index (χ0v) is 76.0. The summed E-state index contributed by atoms with van der Waals surface area (Å²) in [6.45, 7) is 32.5. The van der Waals surface area contributed by atoms with Gasteiger partial charge >= 0.3 is 24.7 Å². The maximum atomic E-state index is 13.6. The van der Waals surface area contributed by atoms with Crippen molar-refractivity contribution in [2.45, 2.75) is 293 Å². The molecule has 7 aliphatic heterocycles. The third-order valence-electron chi connectivity index (χ3n) is 25.7. The van der Waals surface area contributed by atoms with Gasteiger partial charge in [0.05, 0.1) is 52.6 Å². The Labute approximate surface area is 749 Å². The third-order valence-corrected chi connectivity index (χ3v) is 25.7. The summed E-state index contributed by atoms with van der Waals surface area (Å²) in [5, 5.41) is 19.9. The highest BCUT2D eigenvalue weighted by atomic mass is 19.4. The summed E-state index contributed by atoms with van der Waals surface area (Å²) in [6, 6.07) is 14.2. The van der Waals surface area contributed by atoms with Gasteiger partial charge in [-0.05, 0) is 261 Å². The molecular formula is C96H107F14N15O6. The van der Waals surface area contributed by atoms with Gasteiger partial charge in [0, 0.05) is 208 Å². The summed E-state index contributed by atoms with van der Waals surface area (Å²) in [5.74, 6) is -2.05. The van der Waals surface area contributed by atoms with Crippen molar-refractivity contribution in [1.29, 1.82) is 0 Å². The van der Waals surface area contributed by atoms with Crippen LogP contribution in [-0.4, -0.2) is 166 Å². The monoisotopic (exact) mass is 1830 g/mol. The highest BCUT2D eigenvalue weighted by Crippen LogP contribution is 2.51. The minimum Gasteiger partial charge on any atom is -0.332 e. The number of carbonyl (C=O) groups excluding carboxylic acids is 6. The molecule has 1 saturated heterocycles. The van der Waals surface area contributed by atoms with Gasteiger partial charge in [-0.15, -0.1) is 0 Å². The Balaban J connectivity index is 0.000000127. The molecule has 3 aliphatic carbocycles. The Bertz CT molecular complexity index is 5810. The number of hydrogen-bond donors (Lipinski definition) is 3. The van der Waals surface area contributed by atoms with E-state index in [1.165, 1.54) is 122 Å². The number of aromatic amines is 3. The summed E-state index contributed by atoms with van der Waals surface area (Å²) in [7, 11) is 0. The van der Waals surface area contributed by atoms with Crippen molar-refractivity contribution in [2.24, 2.45) is 0 Å². The van der Waals surface area contributed by atoms with Gasteiger partial charge in [0.2, 0.25) is 0 Å². The molecule has 700 valence electrons. The molecule has 21 nitrogen and oxygen atoms in total. The zero-order valence-electron chi connectivity index (χ0n) is 76.0. The number of likely N-dealkylation sites (tertiary alicyclic amines) is 1. The topological polar surface area (TPSA) is 237 Å². The van der Waals surface area contributed by atoms with Crippen molar-refractivity contribution >= 4 is 35.4 Å². The van der Waals surface area contributed by atoms with Crippen LogP contribution in [0.15, 0.2) is 73.1 Å². The lowest BCUT2D eigenvalue weighted by molar-refractivity contribution is -0.139. The second-order valence-electron chi connectivity index (χ2n) is 37.4. The second kappa shape index (κ2) is 36.0. The molecule has 9 aromatic rings. The molecule has 4 fully saturated rings. The van der Waals surface area contributed by atoms with E-state index in [0.717, 1.165) is 59.7 Å². The number of pyridine rings is 2. The van der Waals surface area contributed by atoms with Gasteiger partial charge < -0.3 is 29.4 Å². The van der Waals surface area contributed by atoms with Crippen LogP contribution < -0.4 is 0 Å². The molecule has 3 saturated carbocycles. The van der Waals surface area contributed by atoms with Crippen molar-refractivity contribution in [2.75, 3.05) is 13.1 Å². The fourth-order valence-corrected chi connectivity index (χ4v) is 18.1. The Morgan fingerprint density at radius 2 is 0.748 bits per heavy atom. The first-order valence-electron chi connectivity index (χ1n) is 44.2. The predicted octanol–water partition coefficient (Wildman–Crippen LogP) is 21.4. The van der Waals surface area contributed by atoms with Gasteiger partial charge in [-0.25, -0.2) is 8.78 Å². The number of hydrogen-bond acceptors (Lipinski definition) is 12. The zero-order chi connectivity index (χ0) is 95.6. The number of carbonyl (C=O) groups is 6. The molecule has 0 unspecified atom stereocenters. The van der Waals surface area contributed by atoms with Crippen molar-refractivity contribution in [3.8, 4) is 33.5 Å². The molecule has 0 atom stereocenters. The standard InChI is InChI=1S/C17H19F5N2O.C17H18F3N3O.2C16H16F3N3O.C16H20N2O.C14H18N2O/c1-10(2)24-8-13-12(15(24)25)5-11(6-14(13)17(20,21)22)7-23-4-3-16(18,19)9-23;1-8(2)23-7-13-12(16(23)24)5-11(6-14(13)17(18,19)20)15-9(3)21-22-10(15)4;1-8(2)22-7-13-11(15(22)23)4-10(5-14(13)16(17,18)19)12-6-20-21-9(12)3;1-8(2)22-7-12-11(15(22)23)4-10(5-13(12)16(17,18)19)14-9(3)6-20-21-14;1-9(2)18-8-13-12(16(18)19)7-14(10-3-4-10)17-15(13)11-5-6-11;1-8(2)16-7-12-11(14(16)17)6-9(3)15-13(12)10-4-5-10/h5-6,10H,3-4,7-9H2,1-2H3;5-6,8H,7H2,1-4H3,(H,21,22);2*4-6,8H,7H2,1-3H3,(H,20,21);7,9-11H,3-6,8H2,1-2H3;6,8,10H,4-5,7H2,1-3H3. The van der Waals surface area contributed by atoms with Crippen molar-refractivity contribution in [3.05, 3.63) is 213 Å². The number of alkyl halides is 14. The Morgan fingerprint density at radius 1 is 0.389 bits per heavy atom. The quantitative estimate of drug-likeness (QED) is 0.0862. The average Bonchev–Trinajstić information content (AvgIpc) is 1.61. The summed E-state index contributed by atoms with van der Waals surface area (Å²) in [5.41, 5.74) is 11.9. The van der Waals surface area contributed by atoms with Crippen LogP contribution in [0.3, 0.4) is 0 Å². The first-order valence-corrected chi connectivity index (χ1v) is 44.2. The van der Waals surface area contributed by atoms with E-state index in [1.54, 1.807) is 89.2 Å². The average molecular weight is 1830 g/mol. The van der Waals surface area contributed by atoms with Crippen molar-refractivity contribution in [3.63, 3.8) is 0 Å². The van der Waals surface area contributed by atoms with E-state index < -0.39 is 65.3 Å². The van der Waals surface area contributed by atoms with Crippen LogP contribution in [0.2, 0.25) is 0 Å². The van der Waals surface area contributed by atoms with Crippen LogP contribution in [0, 0.1) is 34.6 Å². The lowest BCUT2D eigenvalue weighted by Gasteiger charge is -2.20. The normalized spacial score (nSPS) is 17.5. The number of amides is 6. The number of benzene rings is 4. The number of rotatable bonds is 14. The van der Waals surface area contributed by atoms with E-state index in [-0.39, 0.29) is 162 Å². The number of nitrogens with one attached hydrogen (secondary N) is 3. The second-order valence-corrected chi connectivity index (χ2v) is 37.4. The fraction of sp³-hybridized carbons (Fsp3) is 0.490. The molecular weight excluding hydrogens is 1730 g/mol. The highest BCUT2D eigenvalue weighted by Gasteiger charge is 2.48. The smallest absolute Gasteiger partial charge is 0.332 e. The molecule has 0 spiro atoms. The van der Waals surface area contributed by atoms with E-state index in [9.17, 15) is 90.2 Å². The molecule has 10 aliphatic rings.